The first-order valence-electron chi connectivity index (χ1n) is 8.64. The Morgan fingerprint density at radius 3 is 2.95 bits per heavy atom. The van der Waals surface area contributed by atoms with Crippen molar-refractivity contribution in [2.24, 2.45) is 11.8 Å². The summed E-state index contributed by atoms with van der Waals surface area (Å²) >= 11 is 0. The average molecular weight is 297 g/mol. The number of aromatic nitrogens is 1. The van der Waals surface area contributed by atoms with Gasteiger partial charge in [-0.2, -0.15) is 0 Å². The minimum Gasteiger partial charge on any atom is -0.382 e. The lowest BCUT2D eigenvalue weighted by Gasteiger charge is -2.48. The number of hydrogen-bond donors (Lipinski definition) is 2. The van der Waals surface area contributed by atoms with Gasteiger partial charge >= 0.3 is 0 Å². The van der Waals surface area contributed by atoms with Gasteiger partial charge in [0, 0.05) is 30.3 Å². The summed E-state index contributed by atoms with van der Waals surface area (Å²) in [6.07, 6.45) is 5.26. The highest BCUT2D eigenvalue weighted by Gasteiger charge is 2.46. The second-order valence-electron chi connectivity index (χ2n) is 7.03. The molecule has 3 aliphatic rings. The number of nitrogens with zero attached hydrogens (tertiary/aromatic N) is 1. The molecular weight excluding hydrogens is 272 g/mol. The highest BCUT2D eigenvalue weighted by Crippen LogP contribution is 2.34. The monoisotopic (exact) mass is 297 g/mol. The molecule has 0 amide bonds. The molecule has 2 aromatic rings. The maximum Gasteiger partial charge on any atom is 0.131 e. The Hall–Kier alpha value is -1.45. The molecule has 1 unspecified atom stereocenters. The molecule has 3 heteroatoms. The smallest absolute Gasteiger partial charge is 0.131 e. The molecule has 3 aliphatic heterocycles. The second kappa shape index (κ2) is 5.64. The van der Waals surface area contributed by atoms with Gasteiger partial charge in [0.05, 0.1) is 18.6 Å². The molecular formula is C19H25N2O+. The van der Waals surface area contributed by atoms with Gasteiger partial charge in [-0.25, -0.2) is 0 Å². The van der Waals surface area contributed by atoms with Crippen molar-refractivity contribution in [2.45, 2.75) is 38.3 Å². The zero-order valence-electron chi connectivity index (χ0n) is 13.2. The fourth-order valence-electron chi connectivity index (χ4n) is 4.77. The molecule has 3 fully saturated rings. The summed E-state index contributed by atoms with van der Waals surface area (Å²) in [4.78, 5) is 6.04. The van der Waals surface area contributed by atoms with Crippen LogP contribution in [0.5, 0.6) is 0 Å². The van der Waals surface area contributed by atoms with E-state index in [0.29, 0.717) is 6.04 Å². The molecule has 0 spiro atoms. The van der Waals surface area contributed by atoms with E-state index in [1.54, 1.807) is 4.90 Å². The molecule has 2 bridgehead atoms. The zero-order chi connectivity index (χ0) is 15.1. The van der Waals surface area contributed by atoms with E-state index in [-0.39, 0.29) is 6.10 Å². The van der Waals surface area contributed by atoms with Gasteiger partial charge in [0.15, 0.2) is 0 Å². The Labute approximate surface area is 132 Å². The lowest BCUT2D eigenvalue weighted by Crippen LogP contribution is -3.20. The topological polar surface area (TPSA) is 37.6 Å². The third-order valence-corrected chi connectivity index (χ3v) is 6.02. The number of rotatable bonds is 3. The summed E-state index contributed by atoms with van der Waals surface area (Å²) in [5.74, 6) is 1.68. The maximum absolute atomic E-state index is 11.1. The van der Waals surface area contributed by atoms with Crippen LogP contribution in [0, 0.1) is 11.8 Å². The second-order valence-corrected chi connectivity index (χ2v) is 7.03. The fourth-order valence-corrected chi connectivity index (χ4v) is 4.77. The van der Waals surface area contributed by atoms with Crippen LogP contribution < -0.4 is 4.90 Å². The number of para-hydroxylation sites is 1. The standard InChI is InChI=1S/C19H24N2O/c1-2-13-12-21-10-8-14(13)11-18(21)19(22)16-7-9-20-17-6-4-3-5-15(16)17/h3-7,9,13-14,18-19,22H,2,8,10-12H2,1H3/p+1/t13-,14-,18+,19-/m1/s1. The van der Waals surface area contributed by atoms with E-state index >= 15 is 0 Å². The van der Waals surface area contributed by atoms with Crippen molar-refractivity contribution in [3.8, 4) is 0 Å². The van der Waals surface area contributed by atoms with E-state index in [1.165, 1.54) is 32.4 Å². The number of fused-ring (bicyclic) bond motifs is 4. The quantitative estimate of drug-likeness (QED) is 0.909. The largest absolute Gasteiger partial charge is 0.382 e. The average Bonchev–Trinajstić information content (AvgIpc) is 2.60. The normalized spacial score (nSPS) is 32.3. The molecule has 0 radical (unpaired) electrons. The number of hydrogen-bond acceptors (Lipinski definition) is 2. The van der Waals surface area contributed by atoms with E-state index < -0.39 is 0 Å². The minimum atomic E-state index is -0.372. The first kappa shape index (κ1) is 14.2. The molecule has 3 saturated heterocycles. The van der Waals surface area contributed by atoms with Crippen molar-refractivity contribution in [3.05, 3.63) is 42.1 Å². The Balaban J connectivity index is 1.66. The Bertz CT molecular complexity index is 666. The van der Waals surface area contributed by atoms with Gasteiger partial charge in [-0.05, 0) is 30.0 Å². The number of aliphatic hydroxyl groups is 1. The molecule has 1 aromatic heterocycles. The van der Waals surface area contributed by atoms with E-state index in [1.807, 2.05) is 30.5 Å². The van der Waals surface area contributed by atoms with Crippen molar-refractivity contribution >= 4 is 10.9 Å². The predicted octanol–water partition coefficient (Wildman–Crippen LogP) is 1.97. The SMILES string of the molecule is CC[C@@H]1C[NH+]2CC[C@@H]1C[C@H]2[C@H](O)c1ccnc2ccccc12. The summed E-state index contributed by atoms with van der Waals surface area (Å²) < 4.78 is 0. The van der Waals surface area contributed by atoms with Crippen LogP contribution in [0.15, 0.2) is 36.5 Å². The van der Waals surface area contributed by atoms with Crippen molar-refractivity contribution in [3.63, 3.8) is 0 Å². The summed E-state index contributed by atoms with van der Waals surface area (Å²) in [6, 6.07) is 10.5. The van der Waals surface area contributed by atoms with Crippen molar-refractivity contribution in [1.29, 1.82) is 0 Å². The molecule has 4 heterocycles. The van der Waals surface area contributed by atoms with Crippen LogP contribution >= 0.6 is 0 Å². The molecule has 22 heavy (non-hydrogen) atoms. The number of nitrogens with one attached hydrogen (secondary N) is 1. The van der Waals surface area contributed by atoms with Crippen LogP contribution in [0.25, 0.3) is 10.9 Å². The predicted molar refractivity (Wildman–Crippen MR) is 87.7 cm³/mol. The van der Waals surface area contributed by atoms with E-state index in [4.69, 9.17) is 0 Å². The van der Waals surface area contributed by atoms with Gasteiger partial charge in [0.2, 0.25) is 0 Å². The molecule has 3 nitrogen and oxygen atoms in total. The molecule has 0 saturated carbocycles. The number of aliphatic hydroxyl groups excluding tert-OH is 1. The lowest BCUT2D eigenvalue weighted by atomic mass is 9.72. The first-order chi connectivity index (χ1) is 10.8. The number of pyridine rings is 1. The Morgan fingerprint density at radius 2 is 2.18 bits per heavy atom. The summed E-state index contributed by atoms with van der Waals surface area (Å²) in [7, 11) is 0. The van der Waals surface area contributed by atoms with Crippen LogP contribution in [-0.2, 0) is 0 Å². The van der Waals surface area contributed by atoms with Crippen molar-refractivity contribution in [2.75, 3.05) is 13.1 Å². The van der Waals surface area contributed by atoms with E-state index in [9.17, 15) is 5.11 Å². The van der Waals surface area contributed by atoms with Crippen LogP contribution in [0.3, 0.4) is 0 Å². The van der Waals surface area contributed by atoms with Gasteiger partial charge in [0.25, 0.3) is 0 Å². The lowest BCUT2D eigenvalue weighted by molar-refractivity contribution is -0.950. The van der Waals surface area contributed by atoms with Gasteiger partial charge in [0.1, 0.15) is 12.1 Å². The molecule has 5 rings (SSSR count). The minimum absolute atomic E-state index is 0.354. The molecule has 1 aromatic carbocycles. The third kappa shape index (κ3) is 2.24. The third-order valence-electron chi connectivity index (χ3n) is 6.02. The summed E-state index contributed by atoms with van der Waals surface area (Å²) in [5, 5.41) is 12.2. The van der Waals surface area contributed by atoms with Gasteiger partial charge in [-0.3, -0.25) is 4.98 Å². The number of benzene rings is 1. The summed E-state index contributed by atoms with van der Waals surface area (Å²) in [5.41, 5.74) is 2.04. The van der Waals surface area contributed by atoms with Gasteiger partial charge in [-0.15, -0.1) is 0 Å². The van der Waals surface area contributed by atoms with Crippen molar-refractivity contribution in [1.82, 2.24) is 4.98 Å². The van der Waals surface area contributed by atoms with Gasteiger partial charge in [-0.1, -0.05) is 25.1 Å². The van der Waals surface area contributed by atoms with Gasteiger partial charge < -0.3 is 10.0 Å². The number of piperidine rings is 3. The molecule has 2 N–H and O–H groups in total. The van der Waals surface area contributed by atoms with Crippen LogP contribution in [-0.4, -0.2) is 29.2 Å². The first-order valence-corrected chi connectivity index (χ1v) is 8.64. The molecule has 0 aliphatic carbocycles. The number of quaternary nitrogens is 1. The van der Waals surface area contributed by atoms with Crippen LogP contribution in [0.2, 0.25) is 0 Å². The van der Waals surface area contributed by atoms with Crippen LogP contribution in [0.1, 0.15) is 37.9 Å². The van der Waals surface area contributed by atoms with E-state index in [2.05, 4.69) is 18.0 Å². The highest BCUT2D eigenvalue weighted by atomic mass is 16.3. The zero-order valence-corrected chi connectivity index (χ0v) is 13.2. The summed E-state index contributed by atoms with van der Waals surface area (Å²) in [6.45, 7) is 4.78. The fraction of sp³-hybridized carbons (Fsp3) is 0.526. The van der Waals surface area contributed by atoms with E-state index in [0.717, 1.165) is 28.3 Å². The molecule has 116 valence electrons. The highest BCUT2D eigenvalue weighted by molar-refractivity contribution is 5.82. The maximum atomic E-state index is 11.1. The van der Waals surface area contributed by atoms with Crippen LogP contribution in [0.4, 0.5) is 0 Å². The molecule has 5 atom stereocenters. The Morgan fingerprint density at radius 1 is 1.32 bits per heavy atom. The van der Waals surface area contributed by atoms with Crippen molar-refractivity contribution < 1.29 is 10.0 Å². The Kier molecular flexibility index (Phi) is 3.63.